The summed E-state index contributed by atoms with van der Waals surface area (Å²) in [5, 5.41) is 12.8. The van der Waals surface area contributed by atoms with Gasteiger partial charge in [-0.25, -0.2) is 0 Å². The maximum atomic E-state index is 12.3. The van der Waals surface area contributed by atoms with Crippen LogP contribution in [-0.4, -0.2) is 41.8 Å². The van der Waals surface area contributed by atoms with E-state index in [-0.39, 0.29) is 0 Å². The van der Waals surface area contributed by atoms with Gasteiger partial charge >= 0.3 is 0 Å². The maximum absolute atomic E-state index is 12.3. The van der Waals surface area contributed by atoms with Gasteiger partial charge in [0.05, 0.1) is 28.9 Å². The molecule has 186 valence electrons. The van der Waals surface area contributed by atoms with Gasteiger partial charge in [-0.15, -0.1) is 0 Å². The standard InChI is InChI=1S/C30H31ClN2O3/c1-21-25(20-34)28-27(33(21)19-23-9-6-10-24(17-23)36-2)12-11-26(31)29(28)32-15-13-30(35,14-16-32)18-22-7-4-3-5-8-22/h3-12,17,20,35H,13-16,18-19H2,1-2H3. The molecule has 1 fully saturated rings. The number of aliphatic hydroxyl groups is 1. The zero-order valence-electron chi connectivity index (χ0n) is 20.7. The Morgan fingerprint density at radius 3 is 2.44 bits per heavy atom. The molecule has 0 unspecified atom stereocenters. The molecule has 1 saturated heterocycles. The first-order valence-electron chi connectivity index (χ1n) is 12.3. The van der Waals surface area contributed by atoms with E-state index in [4.69, 9.17) is 16.3 Å². The normalized spacial score (nSPS) is 15.3. The van der Waals surface area contributed by atoms with Crippen molar-refractivity contribution in [2.24, 2.45) is 0 Å². The Labute approximate surface area is 216 Å². The fourth-order valence-electron chi connectivity index (χ4n) is 5.46. The molecule has 0 radical (unpaired) electrons. The Morgan fingerprint density at radius 2 is 1.75 bits per heavy atom. The van der Waals surface area contributed by atoms with E-state index >= 15 is 0 Å². The van der Waals surface area contributed by atoms with E-state index < -0.39 is 5.60 Å². The Bertz CT molecular complexity index is 1390. The molecule has 1 N–H and O–H groups in total. The van der Waals surface area contributed by atoms with Gasteiger partial charge in [-0.1, -0.05) is 54.1 Å². The highest BCUT2D eigenvalue weighted by atomic mass is 35.5. The van der Waals surface area contributed by atoms with E-state index in [0.717, 1.165) is 45.4 Å². The van der Waals surface area contributed by atoms with Crippen LogP contribution in [0.1, 0.15) is 40.0 Å². The average molecular weight is 503 g/mol. The van der Waals surface area contributed by atoms with Crippen molar-refractivity contribution in [3.05, 3.63) is 94.1 Å². The predicted octanol–water partition coefficient (Wildman–Crippen LogP) is 6.05. The van der Waals surface area contributed by atoms with Crippen molar-refractivity contribution < 1.29 is 14.6 Å². The fourth-order valence-corrected chi connectivity index (χ4v) is 5.74. The lowest BCUT2D eigenvalue weighted by Gasteiger charge is -2.40. The van der Waals surface area contributed by atoms with Gasteiger partial charge in [0, 0.05) is 42.7 Å². The highest BCUT2D eigenvalue weighted by Crippen LogP contribution is 2.41. The molecule has 5 nitrogen and oxygen atoms in total. The number of piperidine rings is 1. The number of fused-ring (bicyclic) bond motifs is 1. The first kappa shape index (κ1) is 24.4. The molecule has 0 saturated carbocycles. The quantitative estimate of drug-likeness (QED) is 0.313. The highest BCUT2D eigenvalue weighted by Gasteiger charge is 2.34. The van der Waals surface area contributed by atoms with E-state index in [0.29, 0.717) is 49.5 Å². The minimum absolute atomic E-state index is 0.616. The molecule has 36 heavy (non-hydrogen) atoms. The lowest BCUT2D eigenvalue weighted by atomic mass is 9.85. The first-order chi connectivity index (χ1) is 17.4. The van der Waals surface area contributed by atoms with Gasteiger partial charge in [0.1, 0.15) is 5.75 Å². The molecule has 2 heterocycles. The molecule has 0 aliphatic carbocycles. The molecule has 4 aromatic rings. The Hall–Kier alpha value is -3.28. The number of hydrogen-bond acceptors (Lipinski definition) is 4. The smallest absolute Gasteiger partial charge is 0.152 e. The van der Waals surface area contributed by atoms with Crippen LogP contribution in [0.25, 0.3) is 10.9 Å². The molecule has 5 rings (SSSR count). The van der Waals surface area contributed by atoms with E-state index in [1.165, 1.54) is 0 Å². The number of hydrogen-bond donors (Lipinski definition) is 1. The van der Waals surface area contributed by atoms with Gasteiger partial charge in [0.2, 0.25) is 0 Å². The van der Waals surface area contributed by atoms with Crippen LogP contribution < -0.4 is 9.64 Å². The van der Waals surface area contributed by atoms with Crippen LogP contribution in [-0.2, 0) is 13.0 Å². The van der Waals surface area contributed by atoms with Crippen molar-refractivity contribution in [2.45, 2.75) is 38.3 Å². The molecular formula is C30H31ClN2O3. The summed E-state index contributed by atoms with van der Waals surface area (Å²) in [7, 11) is 1.66. The summed E-state index contributed by atoms with van der Waals surface area (Å²) in [6, 6.07) is 22.0. The van der Waals surface area contributed by atoms with Crippen molar-refractivity contribution in [1.82, 2.24) is 4.57 Å². The van der Waals surface area contributed by atoms with E-state index in [2.05, 4.69) is 27.7 Å². The molecule has 3 aromatic carbocycles. The first-order valence-corrected chi connectivity index (χ1v) is 12.7. The minimum atomic E-state index is -0.750. The number of halogens is 1. The average Bonchev–Trinajstić information content (AvgIpc) is 3.15. The lowest BCUT2D eigenvalue weighted by Crippen LogP contribution is -2.46. The molecule has 0 spiro atoms. The molecule has 1 aromatic heterocycles. The van der Waals surface area contributed by atoms with Crippen LogP contribution >= 0.6 is 11.6 Å². The third-order valence-corrected chi connectivity index (χ3v) is 7.75. The highest BCUT2D eigenvalue weighted by molar-refractivity contribution is 6.35. The van der Waals surface area contributed by atoms with Crippen LogP contribution in [0.15, 0.2) is 66.7 Å². The van der Waals surface area contributed by atoms with Crippen molar-refractivity contribution in [2.75, 3.05) is 25.1 Å². The van der Waals surface area contributed by atoms with E-state index in [1.807, 2.05) is 55.5 Å². The van der Waals surface area contributed by atoms with Crippen LogP contribution in [0.5, 0.6) is 5.75 Å². The monoisotopic (exact) mass is 502 g/mol. The van der Waals surface area contributed by atoms with Crippen LogP contribution in [0.4, 0.5) is 5.69 Å². The zero-order chi connectivity index (χ0) is 25.3. The maximum Gasteiger partial charge on any atom is 0.152 e. The molecule has 1 aliphatic rings. The summed E-state index contributed by atoms with van der Waals surface area (Å²) in [6.45, 7) is 3.93. The molecule has 6 heteroatoms. The Morgan fingerprint density at radius 1 is 1.03 bits per heavy atom. The second-order valence-electron chi connectivity index (χ2n) is 9.72. The molecule has 0 amide bonds. The predicted molar refractivity (Wildman–Crippen MR) is 146 cm³/mol. The number of ether oxygens (including phenoxy) is 1. The number of carbonyl (C=O) groups is 1. The molecule has 0 bridgehead atoms. The fraction of sp³-hybridized carbons (Fsp3) is 0.300. The number of methoxy groups -OCH3 is 1. The van der Waals surface area contributed by atoms with Gasteiger partial charge in [0.25, 0.3) is 0 Å². The summed E-state index contributed by atoms with van der Waals surface area (Å²) < 4.78 is 7.57. The Kier molecular flexibility index (Phi) is 6.78. The number of aromatic nitrogens is 1. The van der Waals surface area contributed by atoms with Gasteiger partial charge in [-0.2, -0.15) is 0 Å². The van der Waals surface area contributed by atoms with Crippen LogP contribution in [0.2, 0.25) is 5.02 Å². The minimum Gasteiger partial charge on any atom is -0.497 e. The molecule has 0 atom stereocenters. The topological polar surface area (TPSA) is 54.7 Å². The van der Waals surface area contributed by atoms with Gasteiger partial charge < -0.3 is 19.3 Å². The van der Waals surface area contributed by atoms with Crippen molar-refractivity contribution in [1.29, 1.82) is 0 Å². The third kappa shape index (κ3) is 4.61. The summed E-state index contributed by atoms with van der Waals surface area (Å²) >= 11 is 6.78. The Balaban J connectivity index is 1.48. The number of rotatable bonds is 7. The zero-order valence-corrected chi connectivity index (χ0v) is 21.5. The van der Waals surface area contributed by atoms with E-state index in [9.17, 15) is 9.90 Å². The van der Waals surface area contributed by atoms with Crippen molar-refractivity contribution in [3.63, 3.8) is 0 Å². The summed E-state index contributed by atoms with van der Waals surface area (Å²) in [4.78, 5) is 14.6. The number of anilines is 1. The van der Waals surface area contributed by atoms with E-state index in [1.54, 1.807) is 7.11 Å². The second-order valence-corrected chi connectivity index (χ2v) is 10.1. The molecule has 1 aliphatic heterocycles. The summed E-state index contributed by atoms with van der Waals surface area (Å²) in [6.07, 6.45) is 2.84. The van der Waals surface area contributed by atoms with Gasteiger partial charge in [-0.3, -0.25) is 4.79 Å². The SMILES string of the molecule is COc1cccc(Cn2c(C)c(C=O)c3c(N4CCC(O)(Cc5ccccc5)CC4)c(Cl)ccc32)c1. The van der Waals surface area contributed by atoms with Crippen molar-refractivity contribution in [3.8, 4) is 5.75 Å². The van der Waals surface area contributed by atoms with Crippen LogP contribution in [0, 0.1) is 6.92 Å². The number of nitrogens with zero attached hydrogens (tertiary/aromatic N) is 2. The third-order valence-electron chi connectivity index (χ3n) is 7.44. The van der Waals surface area contributed by atoms with Crippen molar-refractivity contribution >= 4 is 34.5 Å². The summed E-state index contributed by atoms with van der Waals surface area (Å²) in [5.41, 5.74) is 4.90. The number of carbonyl (C=O) groups excluding carboxylic acids is 1. The summed E-state index contributed by atoms with van der Waals surface area (Å²) in [5.74, 6) is 0.803. The van der Waals surface area contributed by atoms with Gasteiger partial charge in [-0.05, 0) is 55.2 Å². The van der Waals surface area contributed by atoms with Crippen LogP contribution in [0.3, 0.4) is 0 Å². The largest absolute Gasteiger partial charge is 0.497 e. The lowest BCUT2D eigenvalue weighted by molar-refractivity contribution is 0.0166. The van der Waals surface area contributed by atoms with Gasteiger partial charge in [0.15, 0.2) is 6.29 Å². The molecular weight excluding hydrogens is 472 g/mol. The number of benzene rings is 3. The number of aldehydes is 1. The second kappa shape index (κ2) is 10.00.